The highest BCUT2D eigenvalue weighted by Crippen LogP contribution is 2.32. The maximum absolute atomic E-state index is 14.2. The normalized spacial score (nSPS) is 15.0. The van der Waals surface area contributed by atoms with Crippen LogP contribution >= 0.6 is 0 Å². The lowest BCUT2D eigenvalue weighted by molar-refractivity contribution is -0.141. The van der Waals surface area contributed by atoms with E-state index in [0.717, 1.165) is 5.56 Å². The Morgan fingerprint density at radius 2 is 1.37 bits per heavy atom. The van der Waals surface area contributed by atoms with Crippen LogP contribution in [0.3, 0.4) is 0 Å². The number of allylic oxidation sites excluding steroid dienone is 1. The zero-order valence-corrected chi connectivity index (χ0v) is 27.7. The fourth-order valence-electron chi connectivity index (χ4n) is 4.80. The number of hydrogen-bond acceptors (Lipinski definition) is 5. The van der Waals surface area contributed by atoms with E-state index in [0.29, 0.717) is 5.57 Å². The first-order valence-corrected chi connectivity index (χ1v) is 14.3. The van der Waals surface area contributed by atoms with Crippen LogP contribution in [0.5, 0.6) is 0 Å². The summed E-state index contributed by atoms with van der Waals surface area (Å²) in [5, 5.41) is 3.01. The van der Waals surface area contributed by atoms with Crippen LogP contribution in [-0.4, -0.2) is 71.3 Å². The van der Waals surface area contributed by atoms with Crippen molar-refractivity contribution in [2.24, 2.45) is 11.3 Å². The zero-order valence-electron chi connectivity index (χ0n) is 27.7. The van der Waals surface area contributed by atoms with Crippen LogP contribution in [0.25, 0.3) is 0 Å². The van der Waals surface area contributed by atoms with Gasteiger partial charge in [0.15, 0.2) is 5.78 Å². The molecular weight excluding hydrogens is 518 g/mol. The molecule has 0 unspecified atom stereocenters. The van der Waals surface area contributed by atoms with Gasteiger partial charge in [-0.05, 0) is 57.1 Å². The van der Waals surface area contributed by atoms with Crippen molar-refractivity contribution < 1.29 is 23.9 Å². The fourth-order valence-corrected chi connectivity index (χ4v) is 4.80. The molecule has 0 aliphatic carbocycles. The molecule has 0 bridgehead atoms. The number of benzene rings is 1. The number of amides is 3. The molecule has 230 valence electrons. The number of ketones is 1. The van der Waals surface area contributed by atoms with Crippen LogP contribution in [0, 0.1) is 11.3 Å². The molecule has 1 rings (SSSR count). The average Bonchev–Trinajstić information content (AvgIpc) is 2.83. The molecule has 41 heavy (non-hydrogen) atoms. The number of nitrogens with one attached hydrogen (secondary N) is 1. The summed E-state index contributed by atoms with van der Waals surface area (Å²) in [6.07, 6.45) is 1.17. The maximum atomic E-state index is 14.2. The highest BCUT2D eigenvalue weighted by Gasteiger charge is 2.45. The third kappa shape index (κ3) is 9.72. The molecule has 3 amide bonds. The van der Waals surface area contributed by atoms with Gasteiger partial charge in [-0.25, -0.2) is 4.79 Å². The molecule has 0 fully saturated rings. The van der Waals surface area contributed by atoms with Gasteiger partial charge >= 0.3 is 6.09 Å². The smallest absolute Gasteiger partial charge is 0.410 e. The molecule has 0 heterocycles. The highest BCUT2D eigenvalue weighted by atomic mass is 16.6. The largest absolute Gasteiger partial charge is 0.444 e. The Labute approximate surface area is 247 Å². The summed E-state index contributed by atoms with van der Waals surface area (Å²) in [4.78, 5) is 56.4. The van der Waals surface area contributed by atoms with Crippen LogP contribution in [0.15, 0.2) is 42.0 Å². The fraction of sp³-hybridized carbons (Fsp3) is 0.636. The van der Waals surface area contributed by atoms with Gasteiger partial charge in [0.1, 0.15) is 17.7 Å². The molecule has 1 aromatic carbocycles. The Morgan fingerprint density at radius 3 is 1.78 bits per heavy atom. The highest BCUT2D eigenvalue weighted by molar-refractivity contribution is 5.94. The number of likely N-dealkylation sites (N-methyl/N-ethyl adjacent to an activating group) is 2. The van der Waals surface area contributed by atoms with E-state index in [4.69, 9.17) is 4.74 Å². The van der Waals surface area contributed by atoms with Crippen molar-refractivity contribution in [3.8, 4) is 0 Å². The van der Waals surface area contributed by atoms with E-state index in [1.807, 2.05) is 84.9 Å². The second-order valence-corrected chi connectivity index (χ2v) is 14.0. The van der Waals surface area contributed by atoms with Crippen LogP contribution in [-0.2, 0) is 24.5 Å². The van der Waals surface area contributed by atoms with E-state index in [9.17, 15) is 19.2 Å². The minimum Gasteiger partial charge on any atom is -0.444 e. The Hall–Kier alpha value is -3.16. The number of hydrogen-bond donors (Lipinski definition) is 1. The number of carbonyl (C=O) groups is 4. The van der Waals surface area contributed by atoms with Crippen LogP contribution in [0.4, 0.5) is 4.79 Å². The molecule has 3 atom stereocenters. The van der Waals surface area contributed by atoms with E-state index < -0.39 is 40.5 Å². The number of nitrogens with zero attached hydrogens (tertiary/aromatic N) is 2. The molecule has 0 spiro atoms. The molecule has 1 aromatic rings. The third-order valence-corrected chi connectivity index (χ3v) is 7.37. The molecule has 0 radical (unpaired) electrons. The molecule has 0 saturated heterocycles. The summed E-state index contributed by atoms with van der Waals surface area (Å²) in [5.41, 5.74) is -0.823. The van der Waals surface area contributed by atoms with E-state index in [1.165, 1.54) is 11.8 Å². The van der Waals surface area contributed by atoms with Gasteiger partial charge in [0.05, 0.1) is 6.04 Å². The van der Waals surface area contributed by atoms with E-state index >= 15 is 0 Å². The zero-order chi connectivity index (χ0) is 32.1. The Morgan fingerprint density at radius 1 is 0.854 bits per heavy atom. The van der Waals surface area contributed by atoms with Gasteiger partial charge in [-0.15, -0.1) is 0 Å². The molecule has 0 aromatic heterocycles. The Bertz CT molecular complexity index is 1110. The lowest BCUT2D eigenvalue weighted by atomic mass is 9.76. The van der Waals surface area contributed by atoms with Crippen molar-refractivity contribution in [3.63, 3.8) is 0 Å². The van der Waals surface area contributed by atoms with Crippen molar-refractivity contribution in [1.29, 1.82) is 0 Å². The molecule has 8 heteroatoms. The molecule has 1 N–H and O–H groups in total. The van der Waals surface area contributed by atoms with Gasteiger partial charge in [0, 0.05) is 19.5 Å². The van der Waals surface area contributed by atoms with Gasteiger partial charge in [-0.3, -0.25) is 19.3 Å². The predicted molar refractivity (Wildman–Crippen MR) is 164 cm³/mol. The predicted octanol–water partition coefficient (Wildman–Crippen LogP) is 5.75. The second kappa shape index (κ2) is 13.7. The summed E-state index contributed by atoms with van der Waals surface area (Å²) in [5.74, 6) is -0.787. The van der Waals surface area contributed by atoms with Crippen molar-refractivity contribution in [1.82, 2.24) is 15.1 Å². The first-order chi connectivity index (χ1) is 18.5. The van der Waals surface area contributed by atoms with Gasteiger partial charge in [0.2, 0.25) is 11.8 Å². The molecule has 8 nitrogen and oxygen atoms in total. The topological polar surface area (TPSA) is 96.0 Å². The lowest BCUT2D eigenvalue weighted by Gasteiger charge is -2.42. The van der Waals surface area contributed by atoms with Gasteiger partial charge in [-0.2, -0.15) is 0 Å². The van der Waals surface area contributed by atoms with Gasteiger partial charge in [0.25, 0.3) is 0 Å². The first kappa shape index (κ1) is 35.9. The molecule has 0 aliphatic heterocycles. The minimum atomic E-state index is -0.997. The van der Waals surface area contributed by atoms with E-state index in [2.05, 4.69) is 5.32 Å². The van der Waals surface area contributed by atoms with Crippen molar-refractivity contribution in [2.45, 2.75) is 112 Å². The Kier molecular flexibility index (Phi) is 12.0. The maximum Gasteiger partial charge on any atom is 0.410 e. The Balaban J connectivity index is 3.59. The summed E-state index contributed by atoms with van der Waals surface area (Å²) in [6, 6.07) is 7.24. The van der Waals surface area contributed by atoms with Crippen LogP contribution in [0.2, 0.25) is 0 Å². The second-order valence-electron chi connectivity index (χ2n) is 14.0. The minimum absolute atomic E-state index is 0.0256. The van der Waals surface area contributed by atoms with Crippen molar-refractivity contribution in [3.05, 3.63) is 47.5 Å². The van der Waals surface area contributed by atoms with Crippen molar-refractivity contribution in [2.75, 3.05) is 14.1 Å². The van der Waals surface area contributed by atoms with E-state index in [-0.39, 0.29) is 23.7 Å². The summed E-state index contributed by atoms with van der Waals surface area (Å²) in [7, 11) is 3.24. The quantitative estimate of drug-likeness (QED) is 0.361. The SMILES string of the molecule is CC(=O)/C(C)=C/[C@H](C(C)C)N(C)C(=O)[C@@H](NC(=O)[C@@H](N(C)C(=O)OC(C)(C)C)C(C)(C)c1ccccc1)C(C)(C)C. The average molecular weight is 572 g/mol. The number of Topliss-reactive ketones (excluding diaryl/α,β-unsaturated/α-hetero) is 1. The number of rotatable bonds is 10. The third-order valence-electron chi connectivity index (χ3n) is 7.37. The number of carbonyl (C=O) groups excluding carboxylic acids is 4. The summed E-state index contributed by atoms with van der Waals surface area (Å²) < 4.78 is 5.63. The summed E-state index contributed by atoms with van der Waals surface area (Å²) in [6.45, 7) is 22.0. The monoisotopic (exact) mass is 571 g/mol. The molecule has 0 aliphatic rings. The van der Waals surface area contributed by atoms with E-state index in [1.54, 1.807) is 46.7 Å². The molecule has 0 saturated carbocycles. The molecular formula is C33H53N3O5. The summed E-state index contributed by atoms with van der Waals surface area (Å²) >= 11 is 0. The lowest BCUT2D eigenvalue weighted by Crippen LogP contribution is -2.63. The van der Waals surface area contributed by atoms with Crippen molar-refractivity contribution >= 4 is 23.7 Å². The first-order valence-electron chi connectivity index (χ1n) is 14.3. The standard InChI is InChI=1S/C33H53N3O5/c1-21(2)25(20-22(3)23(4)37)35(13)29(39)26(31(5,6)7)34-28(38)27(36(14)30(40)41-32(8,9)10)33(11,12)24-18-16-15-17-19-24/h15-21,25-27H,1-14H3,(H,34,38)/b22-20+/t25-,26-,27-/m1/s1. The van der Waals surface area contributed by atoms with Gasteiger partial charge in [-0.1, -0.05) is 84.9 Å². The number of ether oxygens (including phenoxy) is 1. The van der Waals surface area contributed by atoms with Crippen LogP contribution in [0.1, 0.15) is 88.6 Å². The van der Waals surface area contributed by atoms with Gasteiger partial charge < -0.3 is 15.0 Å². The van der Waals surface area contributed by atoms with Crippen LogP contribution < -0.4 is 5.32 Å².